The van der Waals surface area contributed by atoms with E-state index < -0.39 is 5.91 Å². The van der Waals surface area contributed by atoms with Gasteiger partial charge in [0.15, 0.2) is 5.69 Å². The van der Waals surface area contributed by atoms with E-state index in [0.29, 0.717) is 10.8 Å². The first-order valence-electron chi connectivity index (χ1n) is 4.02. The fraction of sp³-hybridized carbons (Fsp3) is 0.111. The zero-order valence-electron chi connectivity index (χ0n) is 8.15. The molecule has 0 fully saturated rings. The maximum absolute atomic E-state index is 10.9. The monoisotopic (exact) mass is 222 g/mol. The maximum atomic E-state index is 10.9. The van der Waals surface area contributed by atoms with Crippen LogP contribution in [0.3, 0.4) is 0 Å². The number of nitrogens with two attached hydrogens (primary N) is 2. The minimum Gasteiger partial charge on any atom is -0.389 e. The van der Waals surface area contributed by atoms with Crippen LogP contribution < -0.4 is 11.5 Å². The first-order valence-corrected chi connectivity index (χ1v) is 4.83. The van der Waals surface area contributed by atoms with E-state index in [2.05, 4.69) is 22.3 Å². The molecule has 0 saturated heterocycles. The maximum Gasteiger partial charge on any atom is 0.270 e. The summed E-state index contributed by atoms with van der Waals surface area (Å²) in [7, 11) is 0. The van der Waals surface area contributed by atoms with E-state index in [1.807, 2.05) is 0 Å². The van der Waals surface area contributed by atoms with Crippen molar-refractivity contribution in [1.82, 2.24) is 4.98 Å². The Morgan fingerprint density at radius 3 is 2.87 bits per heavy atom. The van der Waals surface area contributed by atoms with Gasteiger partial charge in [0.05, 0.1) is 0 Å². The summed E-state index contributed by atoms with van der Waals surface area (Å²) in [5.74, 6) is -0.651. The number of aliphatic imine (C=N–C) groups is 1. The number of hydrogen-bond acceptors (Lipinski definition) is 5. The lowest BCUT2D eigenvalue weighted by molar-refractivity contribution is 0.0997. The average Bonchev–Trinajstić information content (AvgIpc) is 2.47. The average molecular weight is 222 g/mol. The molecule has 0 spiro atoms. The highest BCUT2D eigenvalue weighted by atomic mass is 32.1. The molecule has 0 radical (unpaired) electrons. The molecule has 1 aromatic rings. The van der Waals surface area contributed by atoms with Crippen molar-refractivity contribution in [3.8, 4) is 0 Å². The van der Waals surface area contributed by atoms with Gasteiger partial charge in [-0.1, -0.05) is 17.9 Å². The highest BCUT2D eigenvalue weighted by Gasteiger charge is 2.12. The Hall–Kier alpha value is -1.91. The third-order valence-corrected chi connectivity index (χ3v) is 2.24. The molecular weight excluding hydrogens is 212 g/mol. The van der Waals surface area contributed by atoms with Crippen LogP contribution in [0.4, 0.5) is 10.1 Å². The van der Waals surface area contributed by atoms with Crippen LogP contribution in [0.5, 0.6) is 0 Å². The van der Waals surface area contributed by atoms with Crippen molar-refractivity contribution in [1.29, 1.82) is 0 Å². The molecule has 1 amide bonds. The summed E-state index contributed by atoms with van der Waals surface area (Å²) in [5, 5.41) is 0.668. The number of rotatable bonds is 3. The number of primary amides is 1. The molecular formula is C9H10N4OS. The molecule has 6 heteroatoms. The Labute approximate surface area is 90.8 Å². The number of carbonyl (C=O) groups is 1. The van der Waals surface area contributed by atoms with E-state index in [1.54, 1.807) is 13.0 Å². The van der Waals surface area contributed by atoms with Crippen molar-refractivity contribution < 1.29 is 4.79 Å². The second-order valence-electron chi connectivity index (χ2n) is 2.68. The lowest BCUT2D eigenvalue weighted by Crippen LogP contribution is -2.12. The first-order chi connectivity index (χ1) is 7.04. The molecule has 1 rings (SSSR count). The number of nitrogen functional groups attached to an aromatic ring is 1. The summed E-state index contributed by atoms with van der Waals surface area (Å²) in [5.41, 5.74) is 13.9. The van der Waals surface area contributed by atoms with E-state index in [1.165, 1.54) is 0 Å². The minimum atomic E-state index is -0.651. The largest absolute Gasteiger partial charge is 0.389 e. The summed E-state index contributed by atoms with van der Waals surface area (Å²) in [6.45, 7) is 5.18. The fourth-order valence-corrected chi connectivity index (χ4v) is 1.64. The Kier molecular flexibility index (Phi) is 3.38. The van der Waals surface area contributed by atoms with Gasteiger partial charge in [0.1, 0.15) is 5.00 Å². The molecule has 15 heavy (non-hydrogen) atoms. The molecule has 0 aliphatic carbocycles. The SMILES string of the molecule is C=C=CC(C)=Nc1nc(C(N)=O)c(N)s1. The minimum absolute atomic E-state index is 0.0640. The summed E-state index contributed by atoms with van der Waals surface area (Å²) in [4.78, 5) is 18.8. The van der Waals surface area contributed by atoms with Gasteiger partial charge in [-0.3, -0.25) is 4.79 Å². The molecule has 0 aromatic carbocycles. The van der Waals surface area contributed by atoms with E-state index in [-0.39, 0.29) is 10.7 Å². The number of amides is 1. The van der Waals surface area contributed by atoms with Crippen molar-refractivity contribution in [3.05, 3.63) is 24.1 Å². The number of thiazole rings is 1. The Morgan fingerprint density at radius 2 is 2.40 bits per heavy atom. The number of nitrogens with zero attached hydrogens (tertiary/aromatic N) is 2. The smallest absolute Gasteiger partial charge is 0.270 e. The normalized spacial score (nSPS) is 10.9. The first kappa shape index (κ1) is 11.2. The molecule has 0 aliphatic rings. The lowest BCUT2D eigenvalue weighted by Gasteiger charge is -1.87. The van der Waals surface area contributed by atoms with Gasteiger partial charge in [0, 0.05) is 11.8 Å². The Bertz CT molecular complexity index is 468. The fourth-order valence-electron chi connectivity index (χ4n) is 0.875. The highest BCUT2D eigenvalue weighted by molar-refractivity contribution is 7.19. The third-order valence-electron chi connectivity index (χ3n) is 1.46. The standard InChI is InChI=1S/C9H10N4OS/c1-3-4-5(2)12-9-13-6(7(10)14)8(11)15-9/h4H,1,11H2,2H3,(H2,10,14). The predicted octanol–water partition coefficient (Wildman–Crippen LogP) is 1.26. The topological polar surface area (TPSA) is 94.4 Å². The molecule has 5 nitrogen and oxygen atoms in total. The van der Waals surface area contributed by atoms with Crippen LogP contribution in [0.2, 0.25) is 0 Å². The third kappa shape index (κ3) is 2.77. The van der Waals surface area contributed by atoms with Crippen LogP contribution in [0, 0.1) is 0 Å². The number of anilines is 1. The molecule has 0 bridgehead atoms. The van der Waals surface area contributed by atoms with Gasteiger partial charge >= 0.3 is 0 Å². The van der Waals surface area contributed by atoms with Gasteiger partial charge in [0.2, 0.25) is 5.13 Å². The van der Waals surface area contributed by atoms with Crippen LogP contribution in [0.25, 0.3) is 0 Å². The molecule has 0 atom stereocenters. The second-order valence-corrected chi connectivity index (χ2v) is 3.68. The Morgan fingerprint density at radius 1 is 1.73 bits per heavy atom. The van der Waals surface area contributed by atoms with Crippen molar-refractivity contribution in [2.24, 2.45) is 10.7 Å². The second kappa shape index (κ2) is 4.54. The van der Waals surface area contributed by atoms with Gasteiger partial charge in [-0.2, -0.15) is 0 Å². The van der Waals surface area contributed by atoms with Crippen molar-refractivity contribution >= 4 is 33.1 Å². The molecule has 0 saturated carbocycles. The molecule has 0 unspecified atom stereocenters. The van der Waals surface area contributed by atoms with Crippen LogP contribution in [0.15, 0.2) is 23.4 Å². The van der Waals surface area contributed by atoms with Gasteiger partial charge < -0.3 is 11.5 Å². The predicted molar refractivity (Wildman–Crippen MR) is 61.5 cm³/mol. The van der Waals surface area contributed by atoms with E-state index in [4.69, 9.17) is 11.5 Å². The van der Waals surface area contributed by atoms with Gasteiger partial charge in [-0.05, 0) is 6.92 Å². The van der Waals surface area contributed by atoms with Crippen molar-refractivity contribution in [2.45, 2.75) is 6.92 Å². The van der Waals surface area contributed by atoms with Gasteiger partial charge in [-0.15, -0.1) is 5.73 Å². The van der Waals surface area contributed by atoms with Crippen LogP contribution in [-0.2, 0) is 0 Å². The lowest BCUT2D eigenvalue weighted by atomic mass is 10.4. The number of carbonyl (C=O) groups excluding carboxylic acids is 1. The van der Waals surface area contributed by atoms with E-state index in [0.717, 1.165) is 11.3 Å². The number of allylic oxidation sites excluding steroid dienone is 1. The molecule has 0 aliphatic heterocycles. The van der Waals surface area contributed by atoms with Gasteiger partial charge in [-0.25, -0.2) is 9.98 Å². The molecule has 78 valence electrons. The number of hydrogen-bond donors (Lipinski definition) is 2. The Balaban J connectivity index is 3.08. The molecule has 1 heterocycles. The van der Waals surface area contributed by atoms with Crippen molar-refractivity contribution in [3.63, 3.8) is 0 Å². The quantitative estimate of drug-likeness (QED) is 0.595. The summed E-state index contributed by atoms with van der Waals surface area (Å²) in [6, 6.07) is 0. The zero-order valence-corrected chi connectivity index (χ0v) is 8.97. The summed E-state index contributed by atoms with van der Waals surface area (Å²) < 4.78 is 0. The van der Waals surface area contributed by atoms with Crippen LogP contribution in [0.1, 0.15) is 17.4 Å². The van der Waals surface area contributed by atoms with Gasteiger partial charge in [0.25, 0.3) is 5.91 Å². The van der Waals surface area contributed by atoms with Crippen LogP contribution in [-0.4, -0.2) is 16.6 Å². The number of aromatic nitrogens is 1. The molecule has 4 N–H and O–H groups in total. The van der Waals surface area contributed by atoms with Crippen LogP contribution >= 0.6 is 11.3 Å². The zero-order chi connectivity index (χ0) is 11.4. The van der Waals surface area contributed by atoms with E-state index in [9.17, 15) is 4.79 Å². The summed E-state index contributed by atoms with van der Waals surface area (Å²) >= 11 is 1.11. The highest BCUT2D eigenvalue weighted by Crippen LogP contribution is 2.27. The van der Waals surface area contributed by atoms with E-state index >= 15 is 0 Å². The summed E-state index contributed by atoms with van der Waals surface area (Å²) in [6.07, 6.45) is 1.60. The molecule has 1 aromatic heterocycles. The van der Waals surface area contributed by atoms with Crippen molar-refractivity contribution in [2.75, 3.05) is 5.73 Å².